The van der Waals surface area contributed by atoms with E-state index in [0.717, 1.165) is 35.5 Å². The van der Waals surface area contributed by atoms with Crippen molar-refractivity contribution in [2.75, 3.05) is 5.75 Å². The Kier molecular flexibility index (Phi) is 4.22. The summed E-state index contributed by atoms with van der Waals surface area (Å²) < 4.78 is 2.47. The molecular weight excluding hydrogens is 366 g/mol. The maximum Gasteiger partial charge on any atom is 0.101 e. The molecule has 5 nitrogen and oxygen atoms in total. The van der Waals surface area contributed by atoms with Crippen LogP contribution in [0.5, 0.6) is 0 Å². The fraction of sp³-hybridized carbons (Fsp3) is 0.318. The van der Waals surface area contributed by atoms with Crippen LogP contribution in [-0.2, 0) is 13.1 Å². The molecule has 3 aromatic rings. The number of nitriles is 1. The highest BCUT2D eigenvalue weighted by Crippen LogP contribution is 2.45. The first-order valence-corrected chi connectivity index (χ1v) is 10.5. The SMILES string of the molecule is CC1(C2Cn3nc(-c4cccc(C#N)c4)c(-c4ccncc4)c3CN2)CCS1. The Bertz CT molecular complexity index is 1060. The van der Waals surface area contributed by atoms with E-state index in [9.17, 15) is 5.26 Å². The van der Waals surface area contributed by atoms with Crippen LogP contribution >= 0.6 is 11.8 Å². The second-order valence-corrected chi connectivity index (χ2v) is 9.26. The second kappa shape index (κ2) is 6.77. The summed E-state index contributed by atoms with van der Waals surface area (Å²) >= 11 is 2.05. The molecule has 2 aromatic heterocycles. The van der Waals surface area contributed by atoms with Crippen LogP contribution in [0.3, 0.4) is 0 Å². The molecule has 5 rings (SSSR count). The van der Waals surface area contributed by atoms with Gasteiger partial charge in [-0.15, -0.1) is 0 Å². The van der Waals surface area contributed by atoms with E-state index in [0.29, 0.717) is 16.4 Å². The number of rotatable bonds is 3. The van der Waals surface area contributed by atoms with E-state index in [1.54, 1.807) is 0 Å². The quantitative estimate of drug-likeness (QED) is 0.739. The molecule has 2 aliphatic rings. The maximum atomic E-state index is 9.32. The lowest BCUT2D eigenvalue weighted by molar-refractivity contribution is 0.298. The normalized spacial score (nSPS) is 23.5. The Hall–Kier alpha value is -2.62. The van der Waals surface area contributed by atoms with Gasteiger partial charge in [-0.3, -0.25) is 9.67 Å². The van der Waals surface area contributed by atoms with E-state index < -0.39 is 0 Å². The van der Waals surface area contributed by atoms with Gasteiger partial charge in [0.15, 0.2) is 0 Å². The Morgan fingerprint density at radius 2 is 2.07 bits per heavy atom. The predicted molar refractivity (Wildman–Crippen MR) is 112 cm³/mol. The molecule has 0 amide bonds. The van der Waals surface area contributed by atoms with Gasteiger partial charge in [-0.05, 0) is 48.9 Å². The standard InChI is InChI=1S/C22H21N5S/c1-22(7-10-28-22)19-14-27-18(13-25-19)20(16-5-8-24-9-6-16)21(26-27)17-4-2-3-15(11-17)12-23/h2-6,8-9,11,19,25H,7,10,13-14H2,1H3. The number of fused-ring (bicyclic) bond motifs is 1. The van der Waals surface area contributed by atoms with E-state index in [-0.39, 0.29) is 0 Å². The zero-order valence-corrected chi connectivity index (χ0v) is 16.5. The van der Waals surface area contributed by atoms with Crippen molar-refractivity contribution in [3.63, 3.8) is 0 Å². The zero-order chi connectivity index (χ0) is 19.1. The second-order valence-electron chi connectivity index (χ2n) is 7.63. The highest BCUT2D eigenvalue weighted by Gasteiger charge is 2.43. The minimum Gasteiger partial charge on any atom is -0.305 e. The Morgan fingerprint density at radius 3 is 2.79 bits per heavy atom. The molecule has 0 saturated carbocycles. The fourth-order valence-corrected chi connectivity index (χ4v) is 5.36. The lowest BCUT2D eigenvalue weighted by Crippen LogP contribution is -2.55. The number of benzene rings is 1. The molecule has 1 aromatic carbocycles. The molecule has 1 N–H and O–H groups in total. The number of nitrogens with one attached hydrogen (secondary N) is 1. The predicted octanol–water partition coefficient (Wildman–Crippen LogP) is 3.85. The summed E-state index contributed by atoms with van der Waals surface area (Å²) in [6.07, 6.45) is 4.89. The lowest BCUT2D eigenvalue weighted by atomic mass is 9.94. The molecule has 0 bridgehead atoms. The van der Waals surface area contributed by atoms with Crippen LogP contribution in [0, 0.1) is 11.3 Å². The molecule has 0 aliphatic carbocycles. The number of hydrogen-bond donors (Lipinski definition) is 1. The van der Waals surface area contributed by atoms with Gasteiger partial charge < -0.3 is 5.32 Å². The first-order valence-electron chi connectivity index (χ1n) is 9.56. The third-order valence-electron chi connectivity index (χ3n) is 5.93. The molecule has 2 atom stereocenters. The van der Waals surface area contributed by atoms with Crippen molar-refractivity contribution in [1.29, 1.82) is 5.26 Å². The van der Waals surface area contributed by atoms with E-state index in [1.807, 2.05) is 60.6 Å². The Morgan fingerprint density at radius 1 is 1.25 bits per heavy atom. The average Bonchev–Trinajstić information content (AvgIpc) is 3.11. The van der Waals surface area contributed by atoms with Crippen molar-refractivity contribution in [2.45, 2.75) is 37.2 Å². The summed E-state index contributed by atoms with van der Waals surface area (Å²) in [5.74, 6) is 1.25. The minimum atomic E-state index is 0.293. The Balaban J connectivity index is 1.64. The van der Waals surface area contributed by atoms with E-state index in [4.69, 9.17) is 5.10 Å². The molecule has 0 radical (unpaired) electrons. The van der Waals surface area contributed by atoms with Crippen LogP contribution < -0.4 is 5.32 Å². The van der Waals surface area contributed by atoms with Crippen LogP contribution in [0.2, 0.25) is 0 Å². The van der Waals surface area contributed by atoms with Crippen molar-refractivity contribution in [1.82, 2.24) is 20.1 Å². The first-order chi connectivity index (χ1) is 13.7. The van der Waals surface area contributed by atoms with Gasteiger partial charge >= 0.3 is 0 Å². The van der Waals surface area contributed by atoms with Gasteiger partial charge in [-0.1, -0.05) is 12.1 Å². The largest absolute Gasteiger partial charge is 0.305 e. The smallest absolute Gasteiger partial charge is 0.101 e. The molecule has 2 unspecified atom stereocenters. The van der Waals surface area contributed by atoms with Crippen molar-refractivity contribution in [3.8, 4) is 28.5 Å². The van der Waals surface area contributed by atoms with Crippen LogP contribution in [0.15, 0.2) is 48.8 Å². The number of thioether (sulfide) groups is 1. The van der Waals surface area contributed by atoms with Crippen LogP contribution in [0.4, 0.5) is 0 Å². The number of nitrogens with zero attached hydrogens (tertiary/aromatic N) is 4. The fourth-order valence-electron chi connectivity index (χ4n) is 4.15. The highest BCUT2D eigenvalue weighted by atomic mass is 32.2. The van der Waals surface area contributed by atoms with E-state index in [1.165, 1.54) is 17.9 Å². The average molecular weight is 388 g/mol. The third kappa shape index (κ3) is 2.83. The number of pyridine rings is 1. The molecular formula is C22H21N5S. The highest BCUT2D eigenvalue weighted by molar-refractivity contribution is 8.02. The van der Waals surface area contributed by atoms with Crippen molar-refractivity contribution in [2.24, 2.45) is 0 Å². The molecule has 28 heavy (non-hydrogen) atoms. The maximum absolute atomic E-state index is 9.32. The van der Waals surface area contributed by atoms with Crippen LogP contribution in [-0.4, -0.2) is 31.3 Å². The summed E-state index contributed by atoms with van der Waals surface area (Å²) in [5.41, 5.74) is 6.01. The van der Waals surface area contributed by atoms with Gasteiger partial charge in [-0.25, -0.2) is 0 Å². The molecule has 1 fully saturated rings. The van der Waals surface area contributed by atoms with Crippen molar-refractivity contribution in [3.05, 3.63) is 60.0 Å². The lowest BCUT2D eigenvalue weighted by Gasteiger charge is -2.46. The zero-order valence-electron chi connectivity index (χ0n) is 15.7. The Labute approximate surface area is 168 Å². The van der Waals surface area contributed by atoms with Crippen molar-refractivity contribution >= 4 is 11.8 Å². The minimum absolute atomic E-state index is 0.293. The van der Waals surface area contributed by atoms with Gasteiger partial charge in [0.1, 0.15) is 5.69 Å². The van der Waals surface area contributed by atoms with Gasteiger partial charge in [0.2, 0.25) is 0 Å². The molecule has 6 heteroatoms. The molecule has 4 heterocycles. The summed E-state index contributed by atoms with van der Waals surface area (Å²) in [6, 6.07) is 14.4. The van der Waals surface area contributed by atoms with Gasteiger partial charge in [0, 0.05) is 40.9 Å². The van der Waals surface area contributed by atoms with Gasteiger partial charge in [0.25, 0.3) is 0 Å². The first kappa shape index (κ1) is 17.5. The van der Waals surface area contributed by atoms with Crippen LogP contribution in [0.1, 0.15) is 24.6 Å². The summed E-state index contributed by atoms with van der Waals surface area (Å²) in [7, 11) is 0. The molecule has 1 saturated heterocycles. The third-order valence-corrected chi connectivity index (χ3v) is 7.49. The topological polar surface area (TPSA) is 66.5 Å². The summed E-state index contributed by atoms with van der Waals surface area (Å²) in [4.78, 5) is 4.17. The van der Waals surface area contributed by atoms with Gasteiger partial charge in [-0.2, -0.15) is 22.1 Å². The monoisotopic (exact) mass is 387 g/mol. The molecule has 2 aliphatic heterocycles. The summed E-state index contributed by atoms with van der Waals surface area (Å²) in [5, 5.41) is 18.1. The van der Waals surface area contributed by atoms with E-state index in [2.05, 4.69) is 28.0 Å². The van der Waals surface area contributed by atoms with E-state index >= 15 is 0 Å². The molecule has 140 valence electrons. The van der Waals surface area contributed by atoms with Gasteiger partial charge in [0.05, 0.1) is 23.9 Å². The number of aromatic nitrogens is 3. The number of hydrogen-bond acceptors (Lipinski definition) is 5. The van der Waals surface area contributed by atoms with Crippen LogP contribution in [0.25, 0.3) is 22.4 Å². The summed E-state index contributed by atoms with van der Waals surface area (Å²) in [6.45, 7) is 4.02. The molecule has 0 spiro atoms. The van der Waals surface area contributed by atoms with Crippen molar-refractivity contribution < 1.29 is 0 Å².